The van der Waals surface area contributed by atoms with Gasteiger partial charge in [0.15, 0.2) is 4.80 Å². The highest BCUT2D eigenvalue weighted by Crippen LogP contribution is 2.23. The van der Waals surface area contributed by atoms with Gasteiger partial charge in [0, 0.05) is 13.7 Å². The fraction of sp³-hybridized carbons (Fsp3) is 0.200. The van der Waals surface area contributed by atoms with Crippen molar-refractivity contribution in [2.24, 2.45) is 4.99 Å². The minimum Gasteiger partial charge on any atom is -0.383 e. The van der Waals surface area contributed by atoms with Crippen LogP contribution >= 0.6 is 11.3 Å². The quantitative estimate of drug-likeness (QED) is 0.601. The molecule has 2 aromatic carbocycles. The van der Waals surface area contributed by atoms with Gasteiger partial charge in [-0.2, -0.15) is 4.99 Å². The van der Waals surface area contributed by atoms with Crippen LogP contribution in [0.4, 0.5) is 4.39 Å². The second-order valence-corrected chi connectivity index (χ2v) is 7.37. The van der Waals surface area contributed by atoms with Gasteiger partial charge in [-0.15, -0.1) is 0 Å². The number of benzene rings is 2. The monoisotopic (exact) mass is 413 g/mol. The molecule has 0 N–H and O–H groups in total. The third kappa shape index (κ3) is 3.39. The van der Waals surface area contributed by atoms with E-state index in [9.17, 15) is 18.8 Å². The molecule has 0 spiro atoms. The molecule has 4 rings (SSSR count). The number of para-hydroxylation sites is 1. The van der Waals surface area contributed by atoms with E-state index >= 15 is 0 Å². The molecule has 9 heteroatoms. The smallest absolute Gasteiger partial charge is 0.268 e. The number of ether oxygens (including phenoxy) is 1. The van der Waals surface area contributed by atoms with E-state index in [2.05, 4.69) is 4.99 Å². The number of fused-ring (bicyclic) bond motifs is 2. The van der Waals surface area contributed by atoms with Crippen LogP contribution in [0.3, 0.4) is 0 Å². The summed E-state index contributed by atoms with van der Waals surface area (Å²) >= 11 is 1.16. The van der Waals surface area contributed by atoms with E-state index in [-0.39, 0.29) is 15.9 Å². The number of rotatable bonds is 5. The van der Waals surface area contributed by atoms with Crippen LogP contribution in [-0.2, 0) is 16.1 Å². The van der Waals surface area contributed by atoms with E-state index in [4.69, 9.17) is 4.74 Å². The summed E-state index contributed by atoms with van der Waals surface area (Å²) in [6.07, 6.45) is 0. The lowest BCUT2D eigenvalue weighted by Gasteiger charge is -2.10. The summed E-state index contributed by atoms with van der Waals surface area (Å²) in [5, 5.41) is 0. The van der Waals surface area contributed by atoms with Gasteiger partial charge < -0.3 is 9.30 Å². The van der Waals surface area contributed by atoms with Gasteiger partial charge in [-0.25, -0.2) is 4.39 Å². The molecule has 0 radical (unpaired) electrons. The minimum absolute atomic E-state index is 0.268. The highest BCUT2D eigenvalue weighted by Gasteiger charge is 2.36. The molecule has 1 aromatic heterocycles. The molecule has 1 aliphatic heterocycles. The molecule has 0 unspecified atom stereocenters. The number of imide groups is 1. The first-order valence-electron chi connectivity index (χ1n) is 8.81. The Labute approximate surface area is 168 Å². The van der Waals surface area contributed by atoms with Crippen LogP contribution in [0.25, 0.3) is 10.2 Å². The number of carbonyl (C=O) groups excluding carboxylic acids is 3. The molecule has 2 heterocycles. The maximum absolute atomic E-state index is 14.3. The summed E-state index contributed by atoms with van der Waals surface area (Å²) in [5.41, 5.74) is 0.871. The van der Waals surface area contributed by atoms with Crippen molar-refractivity contribution in [1.29, 1.82) is 0 Å². The van der Waals surface area contributed by atoms with Gasteiger partial charge in [0.1, 0.15) is 12.4 Å². The number of aromatic nitrogens is 1. The SMILES string of the molecule is COCCn1c(=NC(=O)CN2C(=O)c3ccccc3C2=O)sc2cccc(F)c21. The van der Waals surface area contributed by atoms with Crippen molar-refractivity contribution < 1.29 is 23.5 Å². The predicted molar refractivity (Wildman–Crippen MR) is 104 cm³/mol. The van der Waals surface area contributed by atoms with Crippen molar-refractivity contribution in [3.8, 4) is 0 Å². The molecular weight excluding hydrogens is 397 g/mol. The van der Waals surface area contributed by atoms with E-state index in [1.54, 1.807) is 41.0 Å². The molecule has 0 fully saturated rings. The van der Waals surface area contributed by atoms with Crippen molar-refractivity contribution in [3.05, 3.63) is 64.2 Å². The van der Waals surface area contributed by atoms with Crippen LogP contribution in [0, 0.1) is 5.82 Å². The summed E-state index contributed by atoms with van der Waals surface area (Å²) in [7, 11) is 1.52. The fourth-order valence-corrected chi connectivity index (χ4v) is 4.31. The molecule has 3 amide bonds. The van der Waals surface area contributed by atoms with Gasteiger partial charge >= 0.3 is 0 Å². The summed E-state index contributed by atoms with van der Waals surface area (Å²) in [6.45, 7) is 0.129. The summed E-state index contributed by atoms with van der Waals surface area (Å²) in [6, 6.07) is 11.1. The zero-order valence-corrected chi connectivity index (χ0v) is 16.2. The zero-order valence-electron chi connectivity index (χ0n) is 15.4. The molecule has 0 atom stereocenters. The molecule has 0 bridgehead atoms. The van der Waals surface area contributed by atoms with E-state index in [1.807, 2.05) is 0 Å². The Hall–Kier alpha value is -3.17. The first-order valence-corrected chi connectivity index (χ1v) is 9.62. The van der Waals surface area contributed by atoms with Crippen molar-refractivity contribution in [2.45, 2.75) is 6.54 Å². The molecule has 0 aliphatic carbocycles. The average molecular weight is 413 g/mol. The minimum atomic E-state index is -0.669. The Kier molecular flexibility index (Phi) is 5.08. The molecule has 148 valence electrons. The Morgan fingerprint density at radius 3 is 2.45 bits per heavy atom. The van der Waals surface area contributed by atoms with Gasteiger partial charge in [-0.05, 0) is 24.3 Å². The van der Waals surface area contributed by atoms with E-state index in [0.717, 1.165) is 16.2 Å². The number of methoxy groups -OCH3 is 1. The van der Waals surface area contributed by atoms with Gasteiger partial charge in [0.05, 0.1) is 28.0 Å². The third-order valence-electron chi connectivity index (χ3n) is 4.56. The number of carbonyl (C=O) groups is 3. The van der Waals surface area contributed by atoms with Crippen molar-refractivity contribution in [2.75, 3.05) is 20.3 Å². The normalized spacial score (nSPS) is 14.1. The predicted octanol–water partition coefficient (Wildman–Crippen LogP) is 2.21. The number of hydrogen-bond donors (Lipinski definition) is 0. The molecule has 3 aromatic rings. The Morgan fingerprint density at radius 1 is 1.10 bits per heavy atom. The van der Waals surface area contributed by atoms with Crippen LogP contribution in [-0.4, -0.2) is 47.4 Å². The van der Waals surface area contributed by atoms with Crippen LogP contribution in [0.1, 0.15) is 20.7 Å². The Bertz CT molecular complexity index is 1180. The van der Waals surface area contributed by atoms with Gasteiger partial charge in [-0.3, -0.25) is 19.3 Å². The van der Waals surface area contributed by atoms with Gasteiger partial charge in [-0.1, -0.05) is 29.5 Å². The molecule has 0 saturated heterocycles. The largest absolute Gasteiger partial charge is 0.383 e. The first-order chi connectivity index (χ1) is 14.0. The fourth-order valence-electron chi connectivity index (χ4n) is 3.22. The van der Waals surface area contributed by atoms with Crippen LogP contribution in [0.5, 0.6) is 0 Å². The van der Waals surface area contributed by atoms with Crippen LogP contribution in [0.15, 0.2) is 47.5 Å². The topological polar surface area (TPSA) is 81.0 Å². The summed E-state index contributed by atoms with van der Waals surface area (Å²) < 4.78 is 21.6. The average Bonchev–Trinajstić information content (AvgIpc) is 3.18. The summed E-state index contributed by atoms with van der Waals surface area (Å²) in [5.74, 6) is -2.14. The second kappa shape index (κ2) is 7.69. The molecule has 29 heavy (non-hydrogen) atoms. The van der Waals surface area contributed by atoms with Crippen molar-refractivity contribution >= 4 is 39.3 Å². The standard InChI is InChI=1S/C20H16FN3O4S/c1-28-10-9-23-17-14(21)7-4-8-15(17)29-20(23)22-16(25)11-24-18(26)12-5-2-3-6-13(12)19(24)27/h2-8H,9-11H2,1H3. The lowest BCUT2D eigenvalue weighted by Crippen LogP contribution is -2.35. The number of thiazole rings is 1. The number of nitrogens with zero attached hydrogens (tertiary/aromatic N) is 3. The molecule has 0 saturated carbocycles. The highest BCUT2D eigenvalue weighted by atomic mass is 32.1. The van der Waals surface area contributed by atoms with E-state index in [1.165, 1.54) is 13.2 Å². The lowest BCUT2D eigenvalue weighted by molar-refractivity contribution is -0.118. The molecule has 7 nitrogen and oxygen atoms in total. The molecular formula is C20H16FN3O4S. The lowest BCUT2D eigenvalue weighted by atomic mass is 10.1. The molecule has 1 aliphatic rings. The number of amides is 3. The third-order valence-corrected chi connectivity index (χ3v) is 5.61. The maximum Gasteiger partial charge on any atom is 0.268 e. The Morgan fingerprint density at radius 2 is 1.79 bits per heavy atom. The number of hydrogen-bond acceptors (Lipinski definition) is 5. The second-order valence-electron chi connectivity index (χ2n) is 6.36. The van der Waals surface area contributed by atoms with Crippen molar-refractivity contribution in [1.82, 2.24) is 9.47 Å². The number of halogens is 1. The highest BCUT2D eigenvalue weighted by molar-refractivity contribution is 7.16. The van der Waals surface area contributed by atoms with E-state index in [0.29, 0.717) is 23.4 Å². The van der Waals surface area contributed by atoms with Gasteiger partial charge in [0.25, 0.3) is 17.7 Å². The zero-order chi connectivity index (χ0) is 20.5. The van der Waals surface area contributed by atoms with Crippen LogP contribution in [0.2, 0.25) is 0 Å². The van der Waals surface area contributed by atoms with Crippen LogP contribution < -0.4 is 4.80 Å². The first kappa shape index (κ1) is 19.2. The summed E-state index contributed by atoms with van der Waals surface area (Å²) in [4.78, 5) is 42.6. The van der Waals surface area contributed by atoms with Gasteiger partial charge in [0.2, 0.25) is 0 Å². The maximum atomic E-state index is 14.3. The van der Waals surface area contributed by atoms with E-state index < -0.39 is 30.1 Å². The Balaban J connectivity index is 1.67. The van der Waals surface area contributed by atoms with Crippen molar-refractivity contribution in [3.63, 3.8) is 0 Å².